The molecule has 0 saturated heterocycles. The van der Waals surface area contributed by atoms with Crippen LogP contribution in [0.1, 0.15) is 33.1 Å². The second-order valence-corrected chi connectivity index (χ2v) is 2.45. The molecule has 0 atom stereocenters. The molecular formula is C10H16O2. The summed E-state index contributed by atoms with van der Waals surface area (Å²) >= 11 is 0. The lowest BCUT2D eigenvalue weighted by atomic mass is 10.3. The molecule has 0 saturated carbocycles. The summed E-state index contributed by atoms with van der Waals surface area (Å²) in [6.45, 7) is 7.42. The Morgan fingerprint density at radius 1 is 1.50 bits per heavy atom. The van der Waals surface area contributed by atoms with Crippen LogP contribution in [-0.2, 0) is 9.53 Å². The first-order valence-electron chi connectivity index (χ1n) is 4.26. The second-order valence-electron chi connectivity index (χ2n) is 2.45. The first-order valence-corrected chi connectivity index (χ1v) is 4.26. The predicted molar refractivity (Wildman–Crippen MR) is 49.6 cm³/mol. The molecule has 2 nitrogen and oxygen atoms in total. The van der Waals surface area contributed by atoms with Gasteiger partial charge in [0.2, 0.25) is 0 Å². The van der Waals surface area contributed by atoms with Crippen molar-refractivity contribution >= 4 is 5.97 Å². The highest BCUT2D eigenvalue weighted by Crippen LogP contribution is 2.05. The van der Waals surface area contributed by atoms with Crippen LogP contribution in [0.15, 0.2) is 24.5 Å². The van der Waals surface area contributed by atoms with Crippen molar-refractivity contribution in [3.8, 4) is 0 Å². The fourth-order valence-corrected chi connectivity index (χ4v) is 0.757. The van der Waals surface area contributed by atoms with Crippen molar-refractivity contribution in [2.24, 2.45) is 0 Å². The van der Waals surface area contributed by atoms with Crippen LogP contribution in [0.3, 0.4) is 0 Å². The largest absolute Gasteiger partial charge is 0.431 e. The van der Waals surface area contributed by atoms with Gasteiger partial charge < -0.3 is 4.74 Å². The molecule has 0 bridgehead atoms. The highest BCUT2D eigenvalue weighted by molar-refractivity contribution is 5.70. The molecule has 0 aliphatic rings. The Morgan fingerprint density at radius 2 is 2.17 bits per heavy atom. The molecule has 0 aliphatic heterocycles. The highest BCUT2D eigenvalue weighted by atomic mass is 16.5. The summed E-state index contributed by atoms with van der Waals surface area (Å²) in [6.07, 6.45) is 5.37. The summed E-state index contributed by atoms with van der Waals surface area (Å²) in [5.41, 5.74) is 0. The van der Waals surface area contributed by atoms with Gasteiger partial charge in [0.05, 0.1) is 0 Å². The van der Waals surface area contributed by atoms with Gasteiger partial charge in [-0.3, -0.25) is 4.79 Å². The van der Waals surface area contributed by atoms with Gasteiger partial charge in [0.15, 0.2) is 0 Å². The Kier molecular flexibility index (Phi) is 6.07. The summed E-state index contributed by atoms with van der Waals surface area (Å²) in [5.74, 6) is 0.524. The molecule has 0 spiro atoms. The zero-order valence-corrected chi connectivity index (χ0v) is 7.80. The summed E-state index contributed by atoms with van der Waals surface area (Å²) in [5, 5.41) is 0. The maximum absolute atomic E-state index is 11.0. The summed E-state index contributed by atoms with van der Waals surface area (Å²) in [6, 6.07) is 0. The smallest absolute Gasteiger partial charge is 0.310 e. The maximum Gasteiger partial charge on any atom is 0.310 e. The molecule has 0 unspecified atom stereocenters. The number of hydrogen-bond donors (Lipinski definition) is 0. The second kappa shape index (κ2) is 6.65. The van der Waals surface area contributed by atoms with Crippen LogP contribution in [0, 0.1) is 0 Å². The lowest BCUT2D eigenvalue weighted by Crippen LogP contribution is -2.02. The van der Waals surface area contributed by atoms with E-state index in [0.717, 1.165) is 12.8 Å². The van der Waals surface area contributed by atoms with Gasteiger partial charge in [0.1, 0.15) is 5.76 Å². The molecule has 0 aromatic carbocycles. The minimum absolute atomic E-state index is 0.160. The van der Waals surface area contributed by atoms with E-state index in [1.165, 1.54) is 0 Å². The SMILES string of the molecule is C=C/C=C(/CC)OC(=O)CCC. The van der Waals surface area contributed by atoms with E-state index in [2.05, 4.69) is 6.58 Å². The Labute approximate surface area is 73.9 Å². The monoisotopic (exact) mass is 168 g/mol. The van der Waals surface area contributed by atoms with Crippen LogP contribution < -0.4 is 0 Å². The number of allylic oxidation sites excluding steroid dienone is 3. The molecule has 0 aromatic heterocycles. The molecule has 12 heavy (non-hydrogen) atoms. The van der Waals surface area contributed by atoms with Gasteiger partial charge in [-0.1, -0.05) is 26.5 Å². The van der Waals surface area contributed by atoms with Crippen molar-refractivity contribution in [1.29, 1.82) is 0 Å². The lowest BCUT2D eigenvalue weighted by molar-refractivity contribution is -0.139. The summed E-state index contributed by atoms with van der Waals surface area (Å²) in [4.78, 5) is 11.0. The van der Waals surface area contributed by atoms with E-state index in [1.54, 1.807) is 12.2 Å². The Bertz CT molecular complexity index is 180. The van der Waals surface area contributed by atoms with E-state index >= 15 is 0 Å². The van der Waals surface area contributed by atoms with Gasteiger partial charge in [0, 0.05) is 12.8 Å². The number of esters is 1. The van der Waals surface area contributed by atoms with E-state index in [4.69, 9.17) is 4.74 Å². The Morgan fingerprint density at radius 3 is 2.58 bits per heavy atom. The van der Waals surface area contributed by atoms with Crippen molar-refractivity contribution in [2.75, 3.05) is 0 Å². The zero-order chi connectivity index (χ0) is 9.40. The van der Waals surface area contributed by atoms with Gasteiger partial charge in [-0.2, -0.15) is 0 Å². The van der Waals surface area contributed by atoms with Crippen LogP contribution >= 0.6 is 0 Å². The van der Waals surface area contributed by atoms with E-state index in [-0.39, 0.29) is 5.97 Å². The molecule has 0 N–H and O–H groups in total. The van der Waals surface area contributed by atoms with Crippen LogP contribution in [0.2, 0.25) is 0 Å². The van der Waals surface area contributed by atoms with E-state index in [0.29, 0.717) is 12.2 Å². The molecular weight excluding hydrogens is 152 g/mol. The molecule has 0 amide bonds. The fraction of sp³-hybridized carbons (Fsp3) is 0.500. The standard InChI is InChI=1S/C10H16O2/c1-4-7-9(6-3)12-10(11)8-5-2/h4,7H,1,5-6,8H2,2-3H3/b9-7-. The molecule has 0 heterocycles. The van der Waals surface area contributed by atoms with Crippen LogP contribution in [0.25, 0.3) is 0 Å². The number of rotatable bonds is 5. The molecule has 0 fully saturated rings. The van der Waals surface area contributed by atoms with Crippen molar-refractivity contribution in [2.45, 2.75) is 33.1 Å². The lowest BCUT2D eigenvalue weighted by Gasteiger charge is -2.04. The topological polar surface area (TPSA) is 26.3 Å². The van der Waals surface area contributed by atoms with E-state index in [1.807, 2.05) is 13.8 Å². The minimum Gasteiger partial charge on any atom is -0.431 e. The van der Waals surface area contributed by atoms with E-state index in [9.17, 15) is 4.79 Å². The molecule has 0 radical (unpaired) electrons. The van der Waals surface area contributed by atoms with Crippen molar-refractivity contribution < 1.29 is 9.53 Å². The maximum atomic E-state index is 11.0. The number of carbonyl (C=O) groups excluding carboxylic acids is 1. The van der Waals surface area contributed by atoms with Gasteiger partial charge in [-0.05, 0) is 12.5 Å². The van der Waals surface area contributed by atoms with Gasteiger partial charge >= 0.3 is 5.97 Å². The van der Waals surface area contributed by atoms with Crippen molar-refractivity contribution in [3.05, 3.63) is 24.5 Å². The minimum atomic E-state index is -0.160. The summed E-state index contributed by atoms with van der Waals surface area (Å²) in [7, 11) is 0. The van der Waals surface area contributed by atoms with Crippen LogP contribution in [-0.4, -0.2) is 5.97 Å². The first-order chi connectivity index (χ1) is 5.74. The Balaban J connectivity index is 3.93. The van der Waals surface area contributed by atoms with Gasteiger partial charge in [-0.15, -0.1) is 0 Å². The van der Waals surface area contributed by atoms with Gasteiger partial charge in [0.25, 0.3) is 0 Å². The fourth-order valence-electron chi connectivity index (χ4n) is 0.757. The number of hydrogen-bond acceptors (Lipinski definition) is 2. The molecule has 2 heteroatoms. The normalized spacial score (nSPS) is 11.0. The average Bonchev–Trinajstić information content (AvgIpc) is 2.04. The third kappa shape index (κ3) is 4.72. The quantitative estimate of drug-likeness (QED) is 0.358. The average molecular weight is 168 g/mol. The number of carbonyl (C=O) groups is 1. The first kappa shape index (κ1) is 11.0. The van der Waals surface area contributed by atoms with Crippen LogP contribution in [0.4, 0.5) is 0 Å². The number of ether oxygens (including phenoxy) is 1. The van der Waals surface area contributed by atoms with Gasteiger partial charge in [-0.25, -0.2) is 0 Å². The van der Waals surface area contributed by atoms with Crippen molar-refractivity contribution in [3.63, 3.8) is 0 Å². The van der Waals surface area contributed by atoms with E-state index < -0.39 is 0 Å². The Hall–Kier alpha value is -1.05. The van der Waals surface area contributed by atoms with Crippen molar-refractivity contribution in [1.82, 2.24) is 0 Å². The molecule has 0 aromatic rings. The molecule has 0 aliphatic carbocycles. The predicted octanol–water partition coefficient (Wildman–Crippen LogP) is 2.81. The highest BCUT2D eigenvalue weighted by Gasteiger charge is 2.02. The molecule has 68 valence electrons. The third-order valence-corrected chi connectivity index (χ3v) is 1.35. The van der Waals surface area contributed by atoms with Crippen LogP contribution in [0.5, 0.6) is 0 Å². The third-order valence-electron chi connectivity index (χ3n) is 1.35. The molecule has 0 rings (SSSR count). The zero-order valence-electron chi connectivity index (χ0n) is 7.80. The summed E-state index contributed by atoms with van der Waals surface area (Å²) < 4.78 is 5.03.